The minimum absolute atomic E-state index is 0.0200. The molecule has 0 aliphatic rings. The van der Waals surface area contributed by atoms with E-state index in [9.17, 15) is 8.78 Å². The van der Waals surface area contributed by atoms with Crippen molar-refractivity contribution in [1.82, 2.24) is 0 Å². The molecule has 0 aliphatic carbocycles. The molecule has 130 valence electrons. The van der Waals surface area contributed by atoms with Crippen LogP contribution in [0.3, 0.4) is 0 Å². The van der Waals surface area contributed by atoms with Gasteiger partial charge in [-0.1, -0.05) is 12.1 Å². The average Bonchev–Trinajstić information content (AvgIpc) is 2.56. The monoisotopic (exact) mass is 336 g/mol. The molecule has 24 heavy (non-hydrogen) atoms. The lowest BCUT2D eigenvalue weighted by Crippen LogP contribution is -2.20. The van der Waals surface area contributed by atoms with E-state index in [0.29, 0.717) is 6.54 Å². The summed E-state index contributed by atoms with van der Waals surface area (Å²) in [5.74, 6) is 0.150. The zero-order valence-corrected chi connectivity index (χ0v) is 13.7. The fourth-order valence-electron chi connectivity index (χ4n) is 2.36. The first kappa shape index (κ1) is 18.0. The van der Waals surface area contributed by atoms with Gasteiger partial charge in [-0.15, -0.1) is 0 Å². The molecule has 2 aromatic carbocycles. The van der Waals surface area contributed by atoms with Crippen LogP contribution in [0.1, 0.15) is 18.5 Å². The SMILES string of the molecule is CC(Nc1ccc(N(C)CCO)cc1)c1ccc(OC(F)F)cc1. The largest absolute Gasteiger partial charge is 0.435 e. The first-order valence-electron chi connectivity index (χ1n) is 7.73. The van der Waals surface area contributed by atoms with Gasteiger partial charge in [-0.3, -0.25) is 0 Å². The summed E-state index contributed by atoms with van der Waals surface area (Å²) >= 11 is 0. The van der Waals surface area contributed by atoms with Crippen molar-refractivity contribution in [2.75, 3.05) is 30.4 Å². The third-order valence-electron chi connectivity index (χ3n) is 3.73. The van der Waals surface area contributed by atoms with Crippen LogP contribution in [0.2, 0.25) is 0 Å². The summed E-state index contributed by atoms with van der Waals surface area (Å²) in [5, 5.41) is 12.3. The normalized spacial score (nSPS) is 12.1. The molecule has 4 nitrogen and oxygen atoms in total. The van der Waals surface area contributed by atoms with Gasteiger partial charge in [0.05, 0.1) is 6.61 Å². The smallest absolute Gasteiger partial charge is 0.387 e. The van der Waals surface area contributed by atoms with Gasteiger partial charge in [-0.2, -0.15) is 8.78 Å². The summed E-state index contributed by atoms with van der Waals surface area (Å²) in [6, 6.07) is 14.5. The van der Waals surface area contributed by atoms with Crippen LogP contribution < -0.4 is 15.0 Å². The molecule has 0 amide bonds. The maximum atomic E-state index is 12.2. The quantitative estimate of drug-likeness (QED) is 0.768. The van der Waals surface area contributed by atoms with E-state index in [2.05, 4.69) is 10.1 Å². The van der Waals surface area contributed by atoms with E-state index in [1.54, 1.807) is 12.1 Å². The van der Waals surface area contributed by atoms with Crippen molar-refractivity contribution in [3.63, 3.8) is 0 Å². The second-order valence-electron chi connectivity index (χ2n) is 5.51. The molecule has 0 aromatic heterocycles. The first-order valence-corrected chi connectivity index (χ1v) is 7.73. The van der Waals surface area contributed by atoms with Crippen molar-refractivity contribution < 1.29 is 18.6 Å². The number of aliphatic hydroxyl groups is 1. The van der Waals surface area contributed by atoms with Gasteiger partial charge in [0.2, 0.25) is 0 Å². The zero-order valence-electron chi connectivity index (χ0n) is 13.7. The fraction of sp³-hybridized carbons (Fsp3) is 0.333. The van der Waals surface area contributed by atoms with Gasteiger partial charge in [-0.25, -0.2) is 0 Å². The van der Waals surface area contributed by atoms with Gasteiger partial charge >= 0.3 is 6.61 Å². The average molecular weight is 336 g/mol. The van der Waals surface area contributed by atoms with Crippen LogP contribution in [-0.2, 0) is 0 Å². The van der Waals surface area contributed by atoms with Crippen LogP contribution in [0.25, 0.3) is 0 Å². The highest BCUT2D eigenvalue weighted by Crippen LogP contribution is 2.24. The predicted molar refractivity (Wildman–Crippen MR) is 91.9 cm³/mol. The van der Waals surface area contributed by atoms with Crippen LogP contribution in [0, 0.1) is 0 Å². The van der Waals surface area contributed by atoms with Crippen LogP contribution in [0.15, 0.2) is 48.5 Å². The van der Waals surface area contributed by atoms with Gasteiger partial charge < -0.3 is 20.1 Å². The molecular weight excluding hydrogens is 314 g/mol. The minimum atomic E-state index is -2.81. The Balaban J connectivity index is 1.97. The van der Waals surface area contributed by atoms with Crippen LogP contribution in [-0.4, -0.2) is 31.9 Å². The van der Waals surface area contributed by atoms with Crippen LogP contribution >= 0.6 is 0 Å². The van der Waals surface area contributed by atoms with E-state index in [1.807, 2.05) is 43.1 Å². The second kappa shape index (κ2) is 8.49. The second-order valence-corrected chi connectivity index (χ2v) is 5.51. The summed E-state index contributed by atoms with van der Waals surface area (Å²) < 4.78 is 28.7. The van der Waals surface area contributed by atoms with Gasteiger partial charge in [0.15, 0.2) is 0 Å². The number of ether oxygens (including phenoxy) is 1. The lowest BCUT2D eigenvalue weighted by atomic mass is 10.1. The highest BCUT2D eigenvalue weighted by atomic mass is 19.3. The number of anilines is 2. The molecule has 0 saturated carbocycles. The van der Waals surface area contributed by atoms with E-state index < -0.39 is 6.61 Å². The van der Waals surface area contributed by atoms with Crippen molar-refractivity contribution in [2.24, 2.45) is 0 Å². The van der Waals surface area contributed by atoms with Gasteiger partial charge in [-0.05, 0) is 48.9 Å². The summed E-state index contributed by atoms with van der Waals surface area (Å²) in [6.45, 7) is -0.127. The number of halogens is 2. The van der Waals surface area contributed by atoms with Crippen LogP contribution in [0.4, 0.5) is 20.2 Å². The Morgan fingerprint density at radius 3 is 2.25 bits per heavy atom. The Hall–Kier alpha value is -2.34. The molecule has 1 atom stereocenters. The number of likely N-dealkylation sites (N-methyl/N-ethyl adjacent to an activating group) is 1. The molecule has 0 radical (unpaired) electrons. The van der Waals surface area contributed by atoms with E-state index in [0.717, 1.165) is 16.9 Å². The third kappa shape index (κ3) is 5.09. The van der Waals surface area contributed by atoms with Crippen molar-refractivity contribution in [3.05, 3.63) is 54.1 Å². The number of aliphatic hydroxyl groups excluding tert-OH is 1. The Labute approximate surface area is 140 Å². The van der Waals surface area contributed by atoms with E-state index in [-0.39, 0.29) is 18.4 Å². The number of benzene rings is 2. The number of rotatable bonds is 8. The third-order valence-corrected chi connectivity index (χ3v) is 3.73. The number of hydrogen-bond acceptors (Lipinski definition) is 4. The van der Waals surface area contributed by atoms with Crippen molar-refractivity contribution in [2.45, 2.75) is 19.6 Å². The topological polar surface area (TPSA) is 44.7 Å². The number of nitrogens with one attached hydrogen (secondary N) is 1. The first-order chi connectivity index (χ1) is 11.5. The Morgan fingerprint density at radius 1 is 1.08 bits per heavy atom. The number of nitrogens with zero attached hydrogens (tertiary/aromatic N) is 1. The minimum Gasteiger partial charge on any atom is -0.435 e. The summed E-state index contributed by atoms with van der Waals surface area (Å²) in [4.78, 5) is 1.97. The highest BCUT2D eigenvalue weighted by molar-refractivity contribution is 5.55. The maximum absolute atomic E-state index is 12.2. The van der Waals surface area contributed by atoms with Gasteiger partial charge in [0, 0.05) is 31.0 Å². The zero-order chi connectivity index (χ0) is 17.5. The van der Waals surface area contributed by atoms with Crippen molar-refractivity contribution in [3.8, 4) is 5.75 Å². The Bertz CT molecular complexity index is 618. The van der Waals surface area contributed by atoms with Gasteiger partial charge in [0.25, 0.3) is 0 Å². The van der Waals surface area contributed by atoms with E-state index >= 15 is 0 Å². The number of alkyl halides is 2. The molecule has 6 heteroatoms. The van der Waals surface area contributed by atoms with E-state index in [1.165, 1.54) is 12.1 Å². The molecule has 2 aromatic rings. The maximum Gasteiger partial charge on any atom is 0.387 e. The Kier molecular flexibility index (Phi) is 6.37. The summed E-state index contributed by atoms with van der Waals surface area (Å²) in [5.41, 5.74) is 2.95. The molecule has 2 rings (SSSR count). The molecule has 0 bridgehead atoms. The molecular formula is C18H22F2N2O2. The molecule has 0 aliphatic heterocycles. The standard InChI is InChI=1S/C18H22F2N2O2/c1-13(14-3-9-17(10-4-14)24-18(19)20)21-15-5-7-16(8-6-15)22(2)11-12-23/h3-10,13,18,21,23H,11-12H2,1-2H3. The Morgan fingerprint density at radius 2 is 1.71 bits per heavy atom. The molecule has 0 saturated heterocycles. The summed E-state index contributed by atoms with van der Waals surface area (Å²) in [7, 11) is 1.92. The molecule has 0 heterocycles. The summed E-state index contributed by atoms with van der Waals surface area (Å²) in [6.07, 6.45) is 0. The van der Waals surface area contributed by atoms with Gasteiger partial charge in [0.1, 0.15) is 5.75 Å². The van der Waals surface area contributed by atoms with E-state index in [4.69, 9.17) is 5.11 Å². The lowest BCUT2D eigenvalue weighted by molar-refractivity contribution is -0.0498. The molecule has 2 N–H and O–H groups in total. The van der Waals surface area contributed by atoms with Crippen molar-refractivity contribution in [1.29, 1.82) is 0 Å². The molecule has 1 unspecified atom stereocenters. The number of hydrogen-bond donors (Lipinski definition) is 2. The molecule has 0 spiro atoms. The van der Waals surface area contributed by atoms with Crippen molar-refractivity contribution >= 4 is 11.4 Å². The highest BCUT2D eigenvalue weighted by Gasteiger charge is 2.08. The molecule has 0 fully saturated rings. The lowest BCUT2D eigenvalue weighted by Gasteiger charge is -2.20. The fourth-order valence-corrected chi connectivity index (χ4v) is 2.36. The predicted octanol–water partition coefficient (Wildman–Crippen LogP) is 3.89. The van der Waals surface area contributed by atoms with Crippen LogP contribution in [0.5, 0.6) is 5.75 Å².